The Morgan fingerprint density at radius 1 is 1.17 bits per heavy atom. The average Bonchev–Trinajstić information content (AvgIpc) is 3.07. The van der Waals surface area contributed by atoms with E-state index >= 15 is 0 Å². The number of carbonyl (C=O) groups excluding carboxylic acids is 1. The van der Waals surface area contributed by atoms with Gasteiger partial charge >= 0.3 is 0 Å². The van der Waals surface area contributed by atoms with E-state index in [-0.39, 0.29) is 19.0 Å². The van der Waals surface area contributed by atoms with Crippen molar-refractivity contribution < 1.29 is 22.7 Å². The van der Waals surface area contributed by atoms with Gasteiger partial charge in [0, 0.05) is 19.6 Å². The number of ether oxygens (including phenoxy) is 2. The van der Waals surface area contributed by atoms with Crippen LogP contribution >= 0.6 is 0 Å². The Bertz CT molecular complexity index is 684. The molecule has 2 rings (SSSR count). The summed E-state index contributed by atoms with van der Waals surface area (Å²) in [6.07, 6.45) is 3.06. The van der Waals surface area contributed by atoms with Crippen molar-refractivity contribution in [1.29, 1.82) is 0 Å². The van der Waals surface area contributed by atoms with E-state index < -0.39 is 10.0 Å². The molecule has 24 heavy (non-hydrogen) atoms. The highest BCUT2D eigenvalue weighted by molar-refractivity contribution is 7.88. The third kappa shape index (κ3) is 4.61. The zero-order valence-electron chi connectivity index (χ0n) is 14.3. The molecule has 0 N–H and O–H groups in total. The summed E-state index contributed by atoms with van der Waals surface area (Å²) in [6, 6.07) is 5.20. The fourth-order valence-electron chi connectivity index (χ4n) is 2.69. The van der Waals surface area contributed by atoms with E-state index in [4.69, 9.17) is 9.47 Å². The first kappa shape index (κ1) is 18.5. The molecule has 0 unspecified atom stereocenters. The molecule has 134 valence electrons. The number of hydrogen-bond acceptors (Lipinski definition) is 5. The minimum absolute atomic E-state index is 0.110. The number of methoxy groups -OCH3 is 2. The molecule has 0 saturated carbocycles. The second-order valence-corrected chi connectivity index (χ2v) is 7.79. The van der Waals surface area contributed by atoms with Gasteiger partial charge in [-0.3, -0.25) is 4.79 Å². The lowest BCUT2D eigenvalue weighted by atomic mass is 10.2. The Morgan fingerprint density at radius 2 is 1.79 bits per heavy atom. The van der Waals surface area contributed by atoms with E-state index in [2.05, 4.69) is 0 Å². The van der Waals surface area contributed by atoms with E-state index in [1.165, 1.54) is 18.5 Å². The van der Waals surface area contributed by atoms with E-state index in [1.807, 2.05) is 0 Å². The quantitative estimate of drug-likeness (QED) is 0.731. The van der Waals surface area contributed by atoms with Crippen LogP contribution in [0.15, 0.2) is 18.2 Å². The third-order valence-corrected chi connectivity index (χ3v) is 5.24. The van der Waals surface area contributed by atoms with Gasteiger partial charge in [-0.2, -0.15) is 4.31 Å². The van der Waals surface area contributed by atoms with Crippen LogP contribution < -0.4 is 9.47 Å². The SMILES string of the molecule is COc1ccc(CN(CC(=O)N2CCCC2)S(C)(=O)=O)cc1OC. The highest BCUT2D eigenvalue weighted by Gasteiger charge is 2.25. The zero-order chi connectivity index (χ0) is 17.7. The number of amides is 1. The Hall–Kier alpha value is -1.80. The molecule has 1 amide bonds. The molecular weight excluding hydrogens is 332 g/mol. The molecule has 8 heteroatoms. The fraction of sp³-hybridized carbons (Fsp3) is 0.562. The first-order valence-electron chi connectivity index (χ1n) is 7.79. The van der Waals surface area contributed by atoms with Gasteiger partial charge in [-0.25, -0.2) is 8.42 Å². The van der Waals surface area contributed by atoms with Crippen LogP contribution in [-0.4, -0.2) is 63.6 Å². The standard InChI is InChI=1S/C16H24N2O5S/c1-22-14-7-6-13(10-15(14)23-2)11-18(24(3,20)21)12-16(19)17-8-4-5-9-17/h6-7,10H,4-5,8-9,11-12H2,1-3H3. The monoisotopic (exact) mass is 356 g/mol. The highest BCUT2D eigenvalue weighted by Crippen LogP contribution is 2.28. The van der Waals surface area contributed by atoms with Gasteiger partial charge in [-0.15, -0.1) is 0 Å². The highest BCUT2D eigenvalue weighted by atomic mass is 32.2. The summed E-state index contributed by atoms with van der Waals surface area (Å²) in [4.78, 5) is 14.0. The zero-order valence-corrected chi connectivity index (χ0v) is 15.1. The number of rotatable bonds is 7. The normalized spacial score (nSPS) is 14.9. The van der Waals surface area contributed by atoms with Crippen molar-refractivity contribution in [2.24, 2.45) is 0 Å². The number of nitrogens with zero attached hydrogens (tertiary/aromatic N) is 2. The van der Waals surface area contributed by atoms with E-state index in [1.54, 1.807) is 23.1 Å². The van der Waals surface area contributed by atoms with Crippen molar-refractivity contribution in [1.82, 2.24) is 9.21 Å². The van der Waals surface area contributed by atoms with Crippen molar-refractivity contribution in [3.05, 3.63) is 23.8 Å². The molecule has 0 bridgehead atoms. The average molecular weight is 356 g/mol. The van der Waals surface area contributed by atoms with Crippen LogP contribution in [0.3, 0.4) is 0 Å². The first-order valence-corrected chi connectivity index (χ1v) is 9.63. The van der Waals surface area contributed by atoms with Crippen LogP contribution in [0.4, 0.5) is 0 Å². The Balaban J connectivity index is 2.15. The summed E-state index contributed by atoms with van der Waals surface area (Å²) in [5.41, 5.74) is 0.729. The number of sulfonamides is 1. The minimum atomic E-state index is -3.51. The van der Waals surface area contributed by atoms with E-state index in [0.29, 0.717) is 24.6 Å². The van der Waals surface area contributed by atoms with Crippen LogP contribution in [0.2, 0.25) is 0 Å². The summed E-state index contributed by atoms with van der Waals surface area (Å²) >= 11 is 0. The molecule has 1 aromatic carbocycles. The minimum Gasteiger partial charge on any atom is -0.493 e. The fourth-order valence-corrected chi connectivity index (χ4v) is 3.42. The van der Waals surface area contributed by atoms with Crippen LogP contribution in [0.5, 0.6) is 11.5 Å². The van der Waals surface area contributed by atoms with Gasteiger partial charge in [0.15, 0.2) is 11.5 Å². The molecule has 1 heterocycles. The van der Waals surface area contributed by atoms with Crippen LogP contribution in [0.25, 0.3) is 0 Å². The number of benzene rings is 1. The lowest BCUT2D eigenvalue weighted by Crippen LogP contribution is -2.41. The topological polar surface area (TPSA) is 76.2 Å². The maximum atomic E-state index is 12.3. The Kier molecular flexibility index (Phi) is 6.06. The number of likely N-dealkylation sites (tertiary alicyclic amines) is 1. The lowest BCUT2D eigenvalue weighted by Gasteiger charge is -2.23. The largest absolute Gasteiger partial charge is 0.493 e. The first-order chi connectivity index (χ1) is 11.3. The summed E-state index contributed by atoms with van der Waals surface area (Å²) in [6.45, 7) is 1.37. The second kappa shape index (κ2) is 7.85. The van der Waals surface area contributed by atoms with Gasteiger partial charge in [0.05, 0.1) is 27.0 Å². The van der Waals surface area contributed by atoms with Gasteiger partial charge in [0.2, 0.25) is 15.9 Å². The smallest absolute Gasteiger partial charge is 0.237 e. The molecule has 0 spiro atoms. The lowest BCUT2D eigenvalue weighted by molar-refractivity contribution is -0.130. The molecule has 1 aliphatic rings. The maximum Gasteiger partial charge on any atom is 0.237 e. The molecule has 0 aromatic heterocycles. The molecule has 1 saturated heterocycles. The van der Waals surface area contributed by atoms with E-state index in [9.17, 15) is 13.2 Å². The second-order valence-electron chi connectivity index (χ2n) is 5.81. The summed E-state index contributed by atoms with van der Waals surface area (Å²) < 4.78 is 35.7. The molecule has 0 radical (unpaired) electrons. The van der Waals surface area contributed by atoms with Gasteiger partial charge in [0.25, 0.3) is 0 Å². The number of hydrogen-bond donors (Lipinski definition) is 0. The van der Waals surface area contributed by atoms with Gasteiger partial charge in [0.1, 0.15) is 0 Å². The molecular formula is C16H24N2O5S. The number of carbonyl (C=O) groups is 1. The third-order valence-electron chi connectivity index (χ3n) is 4.05. The van der Waals surface area contributed by atoms with Gasteiger partial charge < -0.3 is 14.4 Å². The molecule has 1 fully saturated rings. The van der Waals surface area contributed by atoms with Crippen molar-refractivity contribution in [3.8, 4) is 11.5 Å². The molecule has 7 nitrogen and oxygen atoms in total. The van der Waals surface area contributed by atoms with Crippen molar-refractivity contribution in [2.75, 3.05) is 40.1 Å². The predicted octanol–water partition coefficient (Wildman–Crippen LogP) is 1.09. The molecule has 0 atom stereocenters. The molecule has 0 aliphatic carbocycles. The van der Waals surface area contributed by atoms with Gasteiger partial charge in [-0.1, -0.05) is 6.07 Å². The van der Waals surface area contributed by atoms with Crippen molar-refractivity contribution >= 4 is 15.9 Å². The summed E-state index contributed by atoms with van der Waals surface area (Å²) in [7, 11) is -0.452. The molecule has 1 aliphatic heterocycles. The summed E-state index contributed by atoms with van der Waals surface area (Å²) in [5.74, 6) is 0.938. The maximum absolute atomic E-state index is 12.3. The summed E-state index contributed by atoms with van der Waals surface area (Å²) in [5, 5.41) is 0. The van der Waals surface area contributed by atoms with Crippen molar-refractivity contribution in [2.45, 2.75) is 19.4 Å². The van der Waals surface area contributed by atoms with Crippen LogP contribution in [-0.2, 0) is 21.4 Å². The Morgan fingerprint density at radius 3 is 2.33 bits per heavy atom. The molecule has 1 aromatic rings. The van der Waals surface area contributed by atoms with Gasteiger partial charge in [-0.05, 0) is 30.5 Å². The van der Waals surface area contributed by atoms with Crippen LogP contribution in [0.1, 0.15) is 18.4 Å². The van der Waals surface area contributed by atoms with Crippen molar-refractivity contribution in [3.63, 3.8) is 0 Å². The Labute approximate surface area is 143 Å². The van der Waals surface area contributed by atoms with E-state index in [0.717, 1.165) is 24.7 Å². The predicted molar refractivity (Wildman–Crippen MR) is 90.6 cm³/mol. The van der Waals surface area contributed by atoms with Crippen LogP contribution in [0, 0.1) is 0 Å².